The molecule has 0 aromatic carbocycles. The number of rotatable bonds is 4. The molecule has 2 aromatic rings. The molecule has 0 aliphatic rings. The first-order chi connectivity index (χ1) is 7.69. The molecule has 0 radical (unpaired) electrons. The number of nitrogens with two attached hydrogens (primary N) is 1. The molecule has 0 aliphatic heterocycles. The SMILES string of the molecule is Cc1cc(SCc2cnc(NN)s2)n(C)n1. The van der Waals surface area contributed by atoms with Gasteiger partial charge in [0.15, 0.2) is 5.13 Å². The van der Waals surface area contributed by atoms with E-state index in [1.807, 2.05) is 24.9 Å². The van der Waals surface area contributed by atoms with Gasteiger partial charge in [-0.05, 0) is 13.0 Å². The minimum atomic E-state index is 0.747. The van der Waals surface area contributed by atoms with E-state index in [9.17, 15) is 0 Å². The highest BCUT2D eigenvalue weighted by Crippen LogP contribution is 2.27. The lowest BCUT2D eigenvalue weighted by Crippen LogP contribution is -2.05. The Bertz CT molecular complexity index is 476. The molecule has 0 saturated heterocycles. The van der Waals surface area contributed by atoms with Crippen LogP contribution in [0.4, 0.5) is 5.13 Å². The standard InChI is InChI=1S/C9H13N5S2/c1-6-3-8(14(2)13-6)15-5-7-4-11-9(12-10)16-7/h3-4H,5,10H2,1-2H3,(H,11,12). The predicted molar refractivity (Wildman–Crippen MR) is 67.4 cm³/mol. The minimum absolute atomic E-state index is 0.747. The van der Waals surface area contributed by atoms with E-state index >= 15 is 0 Å². The highest BCUT2D eigenvalue weighted by molar-refractivity contribution is 7.98. The lowest BCUT2D eigenvalue weighted by Gasteiger charge is -1.98. The topological polar surface area (TPSA) is 68.8 Å². The van der Waals surface area contributed by atoms with E-state index in [0.717, 1.165) is 21.6 Å². The second-order valence-corrected chi connectivity index (χ2v) is 5.42. The average Bonchev–Trinajstić information content (AvgIpc) is 2.82. The van der Waals surface area contributed by atoms with Crippen LogP contribution in [-0.4, -0.2) is 14.8 Å². The van der Waals surface area contributed by atoms with E-state index < -0.39 is 0 Å². The molecule has 5 nitrogen and oxygen atoms in total. The van der Waals surface area contributed by atoms with Gasteiger partial charge in [0.25, 0.3) is 0 Å². The van der Waals surface area contributed by atoms with Crippen molar-refractivity contribution in [1.82, 2.24) is 14.8 Å². The third-order valence-electron chi connectivity index (χ3n) is 2.00. The van der Waals surface area contributed by atoms with Gasteiger partial charge in [-0.15, -0.1) is 23.1 Å². The van der Waals surface area contributed by atoms with Gasteiger partial charge in [-0.2, -0.15) is 5.10 Å². The minimum Gasteiger partial charge on any atom is -0.300 e. The van der Waals surface area contributed by atoms with Crippen LogP contribution in [0.15, 0.2) is 17.3 Å². The Balaban J connectivity index is 1.99. The molecule has 86 valence electrons. The lowest BCUT2D eigenvalue weighted by atomic mass is 10.5. The number of thiazole rings is 1. The first-order valence-corrected chi connectivity index (χ1v) is 6.54. The summed E-state index contributed by atoms with van der Waals surface area (Å²) in [6.07, 6.45) is 1.84. The third-order valence-corrected chi connectivity index (χ3v) is 4.24. The summed E-state index contributed by atoms with van der Waals surface area (Å²) in [5.74, 6) is 6.16. The number of nitrogens with zero attached hydrogens (tertiary/aromatic N) is 3. The zero-order valence-corrected chi connectivity index (χ0v) is 10.7. The fourth-order valence-electron chi connectivity index (χ4n) is 1.31. The summed E-state index contributed by atoms with van der Waals surface area (Å²) in [4.78, 5) is 5.31. The maximum absolute atomic E-state index is 5.27. The van der Waals surface area contributed by atoms with Crippen LogP contribution in [0, 0.1) is 6.92 Å². The molecule has 0 bridgehead atoms. The molecule has 0 fully saturated rings. The zero-order valence-electron chi connectivity index (χ0n) is 9.10. The molecular formula is C9H13N5S2. The monoisotopic (exact) mass is 255 g/mol. The Morgan fingerprint density at radius 2 is 2.44 bits per heavy atom. The molecule has 2 rings (SSSR count). The Morgan fingerprint density at radius 1 is 1.62 bits per heavy atom. The Hall–Kier alpha value is -1.05. The Morgan fingerprint density at radius 3 is 3.00 bits per heavy atom. The van der Waals surface area contributed by atoms with Crippen LogP contribution in [0.5, 0.6) is 0 Å². The summed E-state index contributed by atoms with van der Waals surface area (Å²) in [6, 6.07) is 2.08. The molecule has 2 aromatic heterocycles. The van der Waals surface area contributed by atoms with Crippen LogP contribution in [-0.2, 0) is 12.8 Å². The Labute approximate surface area is 102 Å². The number of hydrazine groups is 1. The number of nitrogen functional groups attached to an aromatic ring is 1. The predicted octanol–water partition coefficient (Wildman–Crippen LogP) is 1.76. The second kappa shape index (κ2) is 4.86. The molecule has 0 unspecified atom stereocenters. The first kappa shape index (κ1) is 11.4. The zero-order chi connectivity index (χ0) is 11.5. The van der Waals surface area contributed by atoms with Crippen molar-refractivity contribution in [3.05, 3.63) is 22.8 Å². The second-order valence-electron chi connectivity index (χ2n) is 3.31. The average molecular weight is 255 g/mol. The number of aryl methyl sites for hydroxylation is 2. The van der Waals surface area contributed by atoms with Gasteiger partial charge in [0.1, 0.15) is 0 Å². The van der Waals surface area contributed by atoms with Crippen molar-refractivity contribution in [2.75, 3.05) is 5.43 Å². The number of hydrogen-bond donors (Lipinski definition) is 2. The van der Waals surface area contributed by atoms with Gasteiger partial charge in [0, 0.05) is 23.9 Å². The largest absolute Gasteiger partial charge is 0.300 e. The van der Waals surface area contributed by atoms with E-state index in [0.29, 0.717) is 0 Å². The molecule has 0 aliphatic carbocycles. The van der Waals surface area contributed by atoms with Crippen LogP contribution >= 0.6 is 23.1 Å². The molecule has 2 heterocycles. The highest BCUT2D eigenvalue weighted by atomic mass is 32.2. The summed E-state index contributed by atoms with van der Waals surface area (Å²) < 4.78 is 1.89. The van der Waals surface area contributed by atoms with Crippen molar-refractivity contribution < 1.29 is 0 Å². The molecule has 7 heteroatoms. The van der Waals surface area contributed by atoms with Crippen molar-refractivity contribution in [2.45, 2.75) is 17.7 Å². The van der Waals surface area contributed by atoms with Crippen molar-refractivity contribution in [1.29, 1.82) is 0 Å². The molecule has 0 saturated carbocycles. The van der Waals surface area contributed by atoms with Crippen molar-refractivity contribution in [2.24, 2.45) is 12.9 Å². The number of anilines is 1. The molecule has 0 amide bonds. The normalized spacial score (nSPS) is 10.7. The maximum atomic E-state index is 5.27. The van der Waals surface area contributed by atoms with Crippen LogP contribution in [0.1, 0.15) is 10.6 Å². The van der Waals surface area contributed by atoms with Crippen LogP contribution in [0.25, 0.3) is 0 Å². The van der Waals surface area contributed by atoms with Gasteiger partial charge < -0.3 is 0 Å². The van der Waals surface area contributed by atoms with Gasteiger partial charge in [-0.25, -0.2) is 10.8 Å². The third kappa shape index (κ3) is 2.55. The van der Waals surface area contributed by atoms with Crippen LogP contribution in [0.3, 0.4) is 0 Å². The fourth-order valence-corrected chi connectivity index (χ4v) is 3.08. The first-order valence-electron chi connectivity index (χ1n) is 4.74. The summed E-state index contributed by atoms with van der Waals surface area (Å²) in [6.45, 7) is 1.99. The highest BCUT2D eigenvalue weighted by Gasteiger charge is 2.05. The number of nitrogens with one attached hydrogen (secondary N) is 1. The van der Waals surface area contributed by atoms with Crippen LogP contribution < -0.4 is 11.3 Å². The summed E-state index contributed by atoms with van der Waals surface area (Å²) in [5.41, 5.74) is 3.58. The van der Waals surface area contributed by atoms with E-state index in [-0.39, 0.29) is 0 Å². The van der Waals surface area contributed by atoms with E-state index in [4.69, 9.17) is 5.84 Å². The van der Waals surface area contributed by atoms with Gasteiger partial charge in [-0.1, -0.05) is 0 Å². The number of thioether (sulfide) groups is 1. The smallest absolute Gasteiger partial charge is 0.197 e. The van der Waals surface area contributed by atoms with Gasteiger partial charge in [0.2, 0.25) is 0 Å². The molecular weight excluding hydrogens is 242 g/mol. The Kier molecular flexibility index (Phi) is 3.47. The van der Waals surface area contributed by atoms with Crippen molar-refractivity contribution in [3.63, 3.8) is 0 Å². The van der Waals surface area contributed by atoms with Crippen molar-refractivity contribution >= 4 is 28.2 Å². The molecule has 3 N–H and O–H groups in total. The lowest BCUT2D eigenvalue weighted by molar-refractivity contribution is 0.692. The van der Waals surface area contributed by atoms with Gasteiger partial charge in [-0.3, -0.25) is 10.1 Å². The molecule has 16 heavy (non-hydrogen) atoms. The van der Waals surface area contributed by atoms with Gasteiger partial charge in [0.05, 0.1) is 10.7 Å². The van der Waals surface area contributed by atoms with Crippen LogP contribution in [0.2, 0.25) is 0 Å². The van der Waals surface area contributed by atoms with E-state index in [1.54, 1.807) is 23.1 Å². The van der Waals surface area contributed by atoms with E-state index in [1.165, 1.54) is 4.88 Å². The maximum Gasteiger partial charge on any atom is 0.197 e. The number of aromatic nitrogens is 3. The molecule has 0 atom stereocenters. The fraction of sp³-hybridized carbons (Fsp3) is 0.333. The summed E-state index contributed by atoms with van der Waals surface area (Å²) in [7, 11) is 1.95. The van der Waals surface area contributed by atoms with E-state index in [2.05, 4.69) is 21.6 Å². The van der Waals surface area contributed by atoms with Gasteiger partial charge >= 0.3 is 0 Å². The van der Waals surface area contributed by atoms with Crippen molar-refractivity contribution in [3.8, 4) is 0 Å². The number of hydrogen-bond acceptors (Lipinski definition) is 6. The quantitative estimate of drug-likeness (QED) is 0.495. The summed E-state index contributed by atoms with van der Waals surface area (Å²) in [5, 5.41) is 6.20. The molecule has 0 spiro atoms. The summed E-state index contributed by atoms with van der Waals surface area (Å²) >= 11 is 3.31.